The highest BCUT2D eigenvalue weighted by Gasteiger charge is 2.30. The standard InChI is InChI=1S/C21H32N2O4S/c1-25-18-12-16(13-19(26-2)20(18)27-3)21(24)23-10-7-11-28-15-17(23)14-22-8-5-4-6-9-22/h12-13,17H,4-11,14-15H2,1-3H3. The average molecular weight is 409 g/mol. The number of methoxy groups -OCH3 is 3. The molecule has 28 heavy (non-hydrogen) atoms. The molecule has 2 heterocycles. The van der Waals surface area contributed by atoms with Gasteiger partial charge in [-0.25, -0.2) is 0 Å². The van der Waals surface area contributed by atoms with Crippen LogP contribution in [0.4, 0.5) is 0 Å². The predicted octanol–water partition coefficient (Wildman–Crippen LogP) is 3.15. The molecule has 0 N–H and O–H groups in total. The molecule has 0 saturated carbocycles. The van der Waals surface area contributed by atoms with Gasteiger partial charge in [0.25, 0.3) is 5.91 Å². The molecule has 2 aliphatic rings. The zero-order valence-electron chi connectivity index (χ0n) is 17.2. The third kappa shape index (κ3) is 4.87. The van der Waals surface area contributed by atoms with E-state index in [1.54, 1.807) is 33.5 Å². The van der Waals surface area contributed by atoms with Crippen LogP contribution in [0.25, 0.3) is 0 Å². The molecule has 156 valence electrons. The van der Waals surface area contributed by atoms with Crippen molar-refractivity contribution < 1.29 is 19.0 Å². The molecule has 2 fully saturated rings. The molecule has 2 aliphatic heterocycles. The molecule has 0 bridgehead atoms. The molecule has 1 unspecified atom stereocenters. The predicted molar refractivity (Wildman–Crippen MR) is 113 cm³/mol. The van der Waals surface area contributed by atoms with Crippen molar-refractivity contribution in [3.63, 3.8) is 0 Å². The summed E-state index contributed by atoms with van der Waals surface area (Å²) in [7, 11) is 4.73. The molecule has 0 spiro atoms. The Kier molecular flexibility index (Phi) is 7.73. The first-order chi connectivity index (χ1) is 13.7. The van der Waals surface area contributed by atoms with Gasteiger partial charge < -0.3 is 24.0 Å². The Labute approximate surface area is 172 Å². The number of benzene rings is 1. The van der Waals surface area contributed by atoms with Gasteiger partial charge in [0.05, 0.1) is 27.4 Å². The van der Waals surface area contributed by atoms with E-state index in [0.29, 0.717) is 22.8 Å². The van der Waals surface area contributed by atoms with E-state index < -0.39 is 0 Å². The van der Waals surface area contributed by atoms with Gasteiger partial charge in [-0.3, -0.25) is 4.79 Å². The summed E-state index contributed by atoms with van der Waals surface area (Å²) in [5, 5.41) is 0. The second kappa shape index (κ2) is 10.3. The van der Waals surface area contributed by atoms with Crippen LogP contribution in [0.15, 0.2) is 12.1 Å². The van der Waals surface area contributed by atoms with E-state index in [0.717, 1.165) is 44.1 Å². The Morgan fingerprint density at radius 2 is 1.68 bits per heavy atom. The highest BCUT2D eigenvalue weighted by atomic mass is 32.2. The van der Waals surface area contributed by atoms with Gasteiger partial charge in [-0.05, 0) is 50.2 Å². The number of thioether (sulfide) groups is 1. The Hall–Kier alpha value is -1.60. The molecule has 1 aromatic rings. The number of rotatable bonds is 6. The van der Waals surface area contributed by atoms with Gasteiger partial charge >= 0.3 is 0 Å². The van der Waals surface area contributed by atoms with E-state index in [9.17, 15) is 4.79 Å². The van der Waals surface area contributed by atoms with Gasteiger partial charge in [0.15, 0.2) is 11.5 Å². The molecule has 1 atom stereocenters. The molecule has 7 heteroatoms. The van der Waals surface area contributed by atoms with Gasteiger partial charge in [0.2, 0.25) is 5.75 Å². The van der Waals surface area contributed by atoms with E-state index in [1.165, 1.54) is 19.3 Å². The monoisotopic (exact) mass is 408 g/mol. The second-order valence-electron chi connectivity index (χ2n) is 7.36. The summed E-state index contributed by atoms with van der Waals surface area (Å²) in [6.45, 7) is 4.05. The third-order valence-corrected chi connectivity index (χ3v) is 6.73. The number of carbonyl (C=O) groups excluding carboxylic acids is 1. The zero-order valence-corrected chi connectivity index (χ0v) is 18.1. The van der Waals surface area contributed by atoms with Crippen LogP contribution in [0.1, 0.15) is 36.0 Å². The van der Waals surface area contributed by atoms with Crippen molar-refractivity contribution in [3.05, 3.63) is 17.7 Å². The maximum Gasteiger partial charge on any atom is 0.254 e. The Bertz CT molecular complexity index is 639. The lowest BCUT2D eigenvalue weighted by molar-refractivity contribution is 0.0645. The number of ether oxygens (including phenoxy) is 3. The van der Waals surface area contributed by atoms with Gasteiger partial charge in [-0.15, -0.1) is 0 Å². The fourth-order valence-electron chi connectivity index (χ4n) is 4.06. The third-order valence-electron chi connectivity index (χ3n) is 5.53. The van der Waals surface area contributed by atoms with Crippen LogP contribution in [-0.2, 0) is 0 Å². The van der Waals surface area contributed by atoms with Crippen LogP contribution < -0.4 is 14.2 Å². The van der Waals surface area contributed by atoms with Crippen molar-refractivity contribution in [1.29, 1.82) is 0 Å². The molecule has 0 radical (unpaired) electrons. The quantitative estimate of drug-likeness (QED) is 0.721. The minimum atomic E-state index is 0.0452. The Balaban J connectivity index is 1.84. The minimum Gasteiger partial charge on any atom is -0.493 e. The summed E-state index contributed by atoms with van der Waals surface area (Å²) < 4.78 is 16.3. The smallest absolute Gasteiger partial charge is 0.254 e. The summed E-state index contributed by atoms with van der Waals surface area (Å²) in [6, 6.07) is 3.76. The van der Waals surface area contributed by atoms with Crippen LogP contribution in [0.2, 0.25) is 0 Å². The summed E-state index contributed by atoms with van der Waals surface area (Å²) in [5.74, 6) is 3.69. The van der Waals surface area contributed by atoms with Crippen molar-refractivity contribution in [1.82, 2.24) is 9.80 Å². The Morgan fingerprint density at radius 1 is 1.00 bits per heavy atom. The molecular formula is C21H32N2O4S. The van der Waals surface area contributed by atoms with E-state index >= 15 is 0 Å². The van der Waals surface area contributed by atoms with Crippen LogP contribution >= 0.6 is 11.8 Å². The molecular weight excluding hydrogens is 376 g/mol. The fraction of sp³-hybridized carbons (Fsp3) is 0.667. The maximum atomic E-state index is 13.5. The largest absolute Gasteiger partial charge is 0.493 e. The van der Waals surface area contributed by atoms with Crippen LogP contribution in [0.3, 0.4) is 0 Å². The highest BCUT2D eigenvalue weighted by molar-refractivity contribution is 7.99. The fourth-order valence-corrected chi connectivity index (χ4v) is 5.12. The van der Waals surface area contributed by atoms with Gasteiger partial charge in [-0.2, -0.15) is 11.8 Å². The summed E-state index contributed by atoms with van der Waals surface area (Å²) in [6.07, 6.45) is 4.88. The number of amides is 1. The summed E-state index contributed by atoms with van der Waals surface area (Å²) >= 11 is 1.96. The molecule has 0 aliphatic carbocycles. The van der Waals surface area contributed by atoms with Crippen molar-refractivity contribution >= 4 is 17.7 Å². The molecule has 1 amide bonds. The van der Waals surface area contributed by atoms with E-state index in [4.69, 9.17) is 14.2 Å². The zero-order chi connectivity index (χ0) is 19.9. The lowest BCUT2D eigenvalue weighted by Gasteiger charge is -2.36. The minimum absolute atomic E-state index is 0.0452. The van der Waals surface area contributed by atoms with Crippen LogP contribution in [0.5, 0.6) is 17.2 Å². The van der Waals surface area contributed by atoms with Crippen LogP contribution in [-0.4, -0.2) is 80.8 Å². The molecule has 3 rings (SSSR count). The highest BCUT2D eigenvalue weighted by Crippen LogP contribution is 2.38. The van der Waals surface area contributed by atoms with E-state index in [1.807, 2.05) is 11.8 Å². The maximum absolute atomic E-state index is 13.5. The first-order valence-corrected chi connectivity index (χ1v) is 11.2. The molecule has 6 nitrogen and oxygen atoms in total. The summed E-state index contributed by atoms with van der Waals surface area (Å²) in [5.41, 5.74) is 0.588. The molecule has 1 aromatic carbocycles. The normalized spacial score (nSPS) is 21.1. The number of nitrogens with zero attached hydrogens (tertiary/aromatic N) is 2. The second-order valence-corrected chi connectivity index (χ2v) is 8.51. The van der Waals surface area contributed by atoms with Gasteiger partial charge in [0, 0.05) is 24.4 Å². The van der Waals surface area contributed by atoms with Crippen molar-refractivity contribution in [2.45, 2.75) is 31.7 Å². The first kappa shape index (κ1) is 21.1. The number of likely N-dealkylation sites (tertiary alicyclic amines) is 1. The summed E-state index contributed by atoms with van der Waals surface area (Å²) in [4.78, 5) is 18.1. The molecule has 0 aromatic heterocycles. The van der Waals surface area contributed by atoms with E-state index in [-0.39, 0.29) is 11.9 Å². The number of hydrogen-bond acceptors (Lipinski definition) is 6. The van der Waals surface area contributed by atoms with Crippen LogP contribution in [0, 0.1) is 0 Å². The number of hydrogen-bond donors (Lipinski definition) is 0. The average Bonchev–Trinajstić information content (AvgIpc) is 2.98. The van der Waals surface area contributed by atoms with Gasteiger partial charge in [-0.1, -0.05) is 6.42 Å². The van der Waals surface area contributed by atoms with E-state index in [2.05, 4.69) is 9.80 Å². The van der Waals surface area contributed by atoms with Crippen molar-refractivity contribution in [2.24, 2.45) is 0 Å². The van der Waals surface area contributed by atoms with Gasteiger partial charge in [0.1, 0.15) is 0 Å². The first-order valence-electron chi connectivity index (χ1n) is 10.1. The topological polar surface area (TPSA) is 51.2 Å². The molecule has 2 saturated heterocycles. The lowest BCUT2D eigenvalue weighted by atomic mass is 10.1. The van der Waals surface area contributed by atoms with Crippen molar-refractivity contribution in [2.75, 3.05) is 59.0 Å². The lowest BCUT2D eigenvalue weighted by Crippen LogP contribution is -2.49. The SMILES string of the molecule is COc1cc(C(=O)N2CCCSCC2CN2CCCCC2)cc(OC)c1OC. The number of piperidine rings is 1. The number of carbonyl (C=O) groups is 1. The van der Waals surface area contributed by atoms with Crippen molar-refractivity contribution in [3.8, 4) is 17.2 Å². The Morgan fingerprint density at radius 3 is 2.29 bits per heavy atom.